The number of fused-ring (bicyclic) bond motifs is 1. The Kier molecular flexibility index (Phi) is 3.79. The number of aryl methyl sites for hydroxylation is 1. The molecule has 3 nitrogen and oxygen atoms in total. The van der Waals surface area contributed by atoms with Crippen molar-refractivity contribution < 1.29 is 0 Å². The standard InChI is InChI=1S/C17H19N3/c1-14-6-2-3-7-15(14)9-10-18-12-16-13-20-11-5-4-8-17(20)19-16/h2-8,11,13,18H,9-10,12H2,1H3. The molecule has 0 saturated heterocycles. The quantitative estimate of drug-likeness (QED) is 0.719. The monoisotopic (exact) mass is 265 g/mol. The smallest absolute Gasteiger partial charge is 0.137 e. The van der Waals surface area contributed by atoms with Crippen LogP contribution in [-0.2, 0) is 13.0 Å². The highest BCUT2D eigenvalue weighted by Crippen LogP contribution is 2.07. The number of hydrogen-bond acceptors (Lipinski definition) is 2. The number of hydrogen-bond donors (Lipinski definition) is 1. The lowest BCUT2D eigenvalue weighted by molar-refractivity contribution is 0.676. The normalized spacial score (nSPS) is 11.1. The maximum Gasteiger partial charge on any atom is 0.137 e. The molecule has 20 heavy (non-hydrogen) atoms. The summed E-state index contributed by atoms with van der Waals surface area (Å²) >= 11 is 0. The van der Waals surface area contributed by atoms with E-state index in [0.717, 1.165) is 30.9 Å². The largest absolute Gasteiger partial charge is 0.311 e. The molecule has 102 valence electrons. The van der Waals surface area contributed by atoms with Crippen molar-refractivity contribution in [2.75, 3.05) is 6.54 Å². The summed E-state index contributed by atoms with van der Waals surface area (Å²) < 4.78 is 2.05. The third kappa shape index (κ3) is 2.89. The molecule has 3 rings (SSSR count). The van der Waals surface area contributed by atoms with Crippen LogP contribution in [0, 0.1) is 6.92 Å². The number of aromatic nitrogens is 2. The molecule has 0 fully saturated rings. The van der Waals surface area contributed by atoms with E-state index >= 15 is 0 Å². The van der Waals surface area contributed by atoms with Crippen LogP contribution in [0.15, 0.2) is 54.9 Å². The highest BCUT2D eigenvalue weighted by molar-refractivity contribution is 5.39. The van der Waals surface area contributed by atoms with Crippen LogP contribution in [-0.4, -0.2) is 15.9 Å². The molecule has 3 aromatic rings. The lowest BCUT2D eigenvalue weighted by Gasteiger charge is -2.06. The van der Waals surface area contributed by atoms with Gasteiger partial charge < -0.3 is 9.72 Å². The van der Waals surface area contributed by atoms with Crippen molar-refractivity contribution in [3.05, 3.63) is 71.7 Å². The van der Waals surface area contributed by atoms with E-state index in [1.54, 1.807) is 0 Å². The first-order valence-corrected chi connectivity index (χ1v) is 7.01. The molecule has 2 aromatic heterocycles. The predicted molar refractivity (Wildman–Crippen MR) is 81.8 cm³/mol. The third-order valence-electron chi connectivity index (χ3n) is 3.55. The zero-order valence-corrected chi connectivity index (χ0v) is 11.7. The summed E-state index contributed by atoms with van der Waals surface area (Å²) in [6.45, 7) is 3.95. The van der Waals surface area contributed by atoms with Crippen LogP contribution in [0.5, 0.6) is 0 Å². The lowest BCUT2D eigenvalue weighted by Crippen LogP contribution is -2.17. The number of rotatable bonds is 5. The molecular weight excluding hydrogens is 246 g/mol. The van der Waals surface area contributed by atoms with Gasteiger partial charge in [0.2, 0.25) is 0 Å². The van der Waals surface area contributed by atoms with Gasteiger partial charge >= 0.3 is 0 Å². The van der Waals surface area contributed by atoms with Gasteiger partial charge in [-0.3, -0.25) is 0 Å². The van der Waals surface area contributed by atoms with Crippen molar-refractivity contribution in [1.82, 2.24) is 14.7 Å². The minimum Gasteiger partial charge on any atom is -0.311 e. The van der Waals surface area contributed by atoms with E-state index in [4.69, 9.17) is 0 Å². The van der Waals surface area contributed by atoms with Gasteiger partial charge in [-0.25, -0.2) is 4.98 Å². The first-order chi connectivity index (χ1) is 9.83. The molecule has 0 amide bonds. The number of nitrogens with zero attached hydrogens (tertiary/aromatic N) is 2. The van der Waals surface area contributed by atoms with Crippen molar-refractivity contribution in [2.45, 2.75) is 19.9 Å². The number of imidazole rings is 1. The van der Waals surface area contributed by atoms with Gasteiger partial charge in [0.05, 0.1) is 5.69 Å². The molecule has 0 aliphatic heterocycles. The second-order valence-corrected chi connectivity index (χ2v) is 5.05. The van der Waals surface area contributed by atoms with Crippen LogP contribution in [0.2, 0.25) is 0 Å². The van der Waals surface area contributed by atoms with E-state index < -0.39 is 0 Å². The molecule has 0 aliphatic carbocycles. The predicted octanol–water partition coefficient (Wildman–Crippen LogP) is 2.98. The number of pyridine rings is 1. The van der Waals surface area contributed by atoms with E-state index in [2.05, 4.69) is 52.1 Å². The van der Waals surface area contributed by atoms with Crippen LogP contribution < -0.4 is 5.32 Å². The molecule has 0 atom stereocenters. The fraction of sp³-hybridized carbons (Fsp3) is 0.235. The summed E-state index contributed by atoms with van der Waals surface area (Å²) in [6.07, 6.45) is 5.16. The van der Waals surface area contributed by atoms with Crippen LogP contribution in [0.1, 0.15) is 16.8 Å². The van der Waals surface area contributed by atoms with Gasteiger partial charge in [0.1, 0.15) is 5.65 Å². The molecule has 0 bridgehead atoms. The Labute approximate surface area is 119 Å². The molecule has 2 heterocycles. The van der Waals surface area contributed by atoms with Crippen LogP contribution in [0.25, 0.3) is 5.65 Å². The summed E-state index contributed by atoms with van der Waals surface area (Å²) in [5.74, 6) is 0. The Balaban J connectivity index is 1.54. The topological polar surface area (TPSA) is 29.3 Å². The van der Waals surface area contributed by atoms with E-state index in [9.17, 15) is 0 Å². The Morgan fingerprint density at radius 1 is 1.10 bits per heavy atom. The first-order valence-electron chi connectivity index (χ1n) is 7.01. The molecule has 0 aliphatic rings. The Morgan fingerprint density at radius 3 is 2.80 bits per heavy atom. The minimum absolute atomic E-state index is 0.813. The Bertz CT molecular complexity index is 667. The average Bonchev–Trinajstić information content (AvgIpc) is 2.88. The molecule has 3 heteroatoms. The van der Waals surface area contributed by atoms with Crippen LogP contribution >= 0.6 is 0 Å². The van der Waals surface area contributed by atoms with E-state index in [0.29, 0.717) is 0 Å². The number of nitrogens with one attached hydrogen (secondary N) is 1. The zero-order valence-electron chi connectivity index (χ0n) is 11.7. The van der Waals surface area contributed by atoms with Crippen molar-refractivity contribution in [3.63, 3.8) is 0 Å². The highest BCUT2D eigenvalue weighted by atomic mass is 15.0. The fourth-order valence-electron chi connectivity index (χ4n) is 2.40. The summed E-state index contributed by atoms with van der Waals surface area (Å²) in [4.78, 5) is 4.58. The van der Waals surface area contributed by atoms with E-state index in [-0.39, 0.29) is 0 Å². The average molecular weight is 265 g/mol. The van der Waals surface area contributed by atoms with Gasteiger partial charge in [-0.05, 0) is 43.1 Å². The highest BCUT2D eigenvalue weighted by Gasteiger charge is 2.01. The van der Waals surface area contributed by atoms with Crippen LogP contribution in [0.3, 0.4) is 0 Å². The first kappa shape index (κ1) is 12.9. The fourth-order valence-corrected chi connectivity index (χ4v) is 2.40. The van der Waals surface area contributed by atoms with Gasteiger partial charge in [0, 0.05) is 18.9 Å². The zero-order chi connectivity index (χ0) is 13.8. The maximum atomic E-state index is 4.58. The van der Waals surface area contributed by atoms with Crippen molar-refractivity contribution in [3.8, 4) is 0 Å². The molecule has 0 unspecified atom stereocenters. The second kappa shape index (κ2) is 5.88. The van der Waals surface area contributed by atoms with Gasteiger partial charge in [0.15, 0.2) is 0 Å². The number of benzene rings is 1. The maximum absolute atomic E-state index is 4.58. The van der Waals surface area contributed by atoms with Gasteiger partial charge in [-0.15, -0.1) is 0 Å². The van der Waals surface area contributed by atoms with Crippen molar-refractivity contribution in [1.29, 1.82) is 0 Å². The molecule has 0 saturated carbocycles. The molecule has 0 spiro atoms. The van der Waals surface area contributed by atoms with Crippen LogP contribution in [0.4, 0.5) is 0 Å². The molecule has 0 radical (unpaired) electrons. The minimum atomic E-state index is 0.813. The van der Waals surface area contributed by atoms with Crippen molar-refractivity contribution in [2.24, 2.45) is 0 Å². The second-order valence-electron chi connectivity index (χ2n) is 5.05. The SMILES string of the molecule is Cc1ccccc1CCNCc1cn2ccccc2n1. The molecule has 1 N–H and O–H groups in total. The molecular formula is C17H19N3. The van der Waals surface area contributed by atoms with Gasteiger partial charge in [-0.1, -0.05) is 30.3 Å². The van der Waals surface area contributed by atoms with Gasteiger partial charge in [0.25, 0.3) is 0 Å². The summed E-state index contributed by atoms with van der Waals surface area (Å²) in [5.41, 5.74) is 4.86. The molecule has 1 aromatic carbocycles. The third-order valence-corrected chi connectivity index (χ3v) is 3.55. The Hall–Kier alpha value is -2.13. The van der Waals surface area contributed by atoms with Crippen molar-refractivity contribution >= 4 is 5.65 Å². The Morgan fingerprint density at radius 2 is 1.95 bits per heavy atom. The van der Waals surface area contributed by atoms with E-state index in [1.165, 1.54) is 11.1 Å². The lowest BCUT2D eigenvalue weighted by atomic mass is 10.1. The summed E-state index contributed by atoms with van der Waals surface area (Å²) in [5, 5.41) is 3.46. The summed E-state index contributed by atoms with van der Waals surface area (Å²) in [6, 6.07) is 14.6. The van der Waals surface area contributed by atoms with Gasteiger partial charge in [-0.2, -0.15) is 0 Å². The van der Waals surface area contributed by atoms with E-state index in [1.807, 2.05) is 24.4 Å². The summed E-state index contributed by atoms with van der Waals surface area (Å²) in [7, 11) is 0.